The minimum atomic E-state index is -4.39. The van der Waals surface area contributed by atoms with E-state index in [4.69, 9.17) is 5.73 Å². The molecule has 1 aromatic heterocycles. The molecule has 1 aromatic carbocycles. The second kappa shape index (κ2) is 4.88. The predicted molar refractivity (Wildman–Crippen MR) is 67.1 cm³/mol. The number of alkyl halides is 3. The molecule has 100 valence electrons. The summed E-state index contributed by atoms with van der Waals surface area (Å²) in [5.74, 6) is 0. The molecule has 4 nitrogen and oxygen atoms in total. The van der Waals surface area contributed by atoms with Crippen molar-refractivity contribution >= 4 is 33.7 Å². The van der Waals surface area contributed by atoms with Crippen LogP contribution in [0.25, 0.3) is 10.1 Å². The van der Waals surface area contributed by atoms with Gasteiger partial charge in [-0.05, 0) is 17.7 Å². The van der Waals surface area contributed by atoms with Crippen LogP contribution in [0.2, 0.25) is 0 Å². The van der Waals surface area contributed by atoms with Gasteiger partial charge in [0.05, 0.1) is 11.8 Å². The minimum Gasteiger partial charge on any atom is -0.350 e. The summed E-state index contributed by atoms with van der Waals surface area (Å²) >= 11 is 1.02. The third kappa shape index (κ3) is 3.02. The summed E-state index contributed by atoms with van der Waals surface area (Å²) in [5.41, 5.74) is 6.53. The van der Waals surface area contributed by atoms with Crippen molar-refractivity contribution in [3.05, 3.63) is 34.7 Å². The number of nitrogens with one attached hydrogen (secondary N) is 1. The molecule has 0 atom stereocenters. The van der Waals surface area contributed by atoms with Crippen molar-refractivity contribution in [3.63, 3.8) is 0 Å². The number of urea groups is 1. The lowest BCUT2D eigenvalue weighted by atomic mass is 10.1. The monoisotopic (exact) mass is 287 g/mol. The molecule has 0 aliphatic rings. The summed E-state index contributed by atoms with van der Waals surface area (Å²) in [7, 11) is 0. The molecule has 1 heterocycles. The molecule has 0 spiro atoms. The first kappa shape index (κ1) is 13.3. The van der Waals surface area contributed by atoms with E-state index in [1.165, 1.54) is 12.3 Å². The molecule has 8 heteroatoms. The largest absolute Gasteiger partial charge is 0.417 e. The van der Waals surface area contributed by atoms with E-state index in [0.29, 0.717) is 10.3 Å². The van der Waals surface area contributed by atoms with E-state index >= 15 is 0 Å². The summed E-state index contributed by atoms with van der Waals surface area (Å²) in [6.07, 6.45) is -3.17. The van der Waals surface area contributed by atoms with Crippen LogP contribution in [0.1, 0.15) is 11.1 Å². The number of benzene rings is 1. The van der Waals surface area contributed by atoms with Crippen molar-refractivity contribution < 1.29 is 18.0 Å². The maximum Gasteiger partial charge on any atom is 0.417 e. The zero-order valence-corrected chi connectivity index (χ0v) is 10.2. The minimum absolute atomic E-state index is 0.112. The van der Waals surface area contributed by atoms with Gasteiger partial charge in [-0.1, -0.05) is 6.07 Å². The molecule has 0 radical (unpaired) electrons. The van der Waals surface area contributed by atoms with E-state index in [0.717, 1.165) is 16.7 Å². The van der Waals surface area contributed by atoms with E-state index in [-0.39, 0.29) is 5.39 Å². The molecule has 0 unspecified atom stereocenters. The van der Waals surface area contributed by atoms with Crippen LogP contribution in [0, 0.1) is 0 Å². The van der Waals surface area contributed by atoms with Crippen LogP contribution in [0.3, 0.4) is 0 Å². The Morgan fingerprint density at radius 2 is 2.16 bits per heavy atom. The lowest BCUT2D eigenvalue weighted by Crippen LogP contribution is -2.24. The molecule has 2 amide bonds. The molecule has 0 saturated carbocycles. The van der Waals surface area contributed by atoms with Crippen molar-refractivity contribution in [3.8, 4) is 0 Å². The van der Waals surface area contributed by atoms with Crippen molar-refractivity contribution in [1.29, 1.82) is 0 Å². The van der Waals surface area contributed by atoms with Crippen molar-refractivity contribution in [2.24, 2.45) is 10.8 Å². The second-order valence-corrected chi connectivity index (χ2v) is 4.55. The van der Waals surface area contributed by atoms with Crippen molar-refractivity contribution in [2.45, 2.75) is 6.18 Å². The number of nitrogens with zero attached hydrogens (tertiary/aromatic N) is 1. The highest BCUT2D eigenvalue weighted by Crippen LogP contribution is 2.38. The zero-order chi connectivity index (χ0) is 14.0. The van der Waals surface area contributed by atoms with Crippen LogP contribution in [0.5, 0.6) is 0 Å². The first-order valence-corrected chi connectivity index (χ1v) is 5.93. The fourth-order valence-electron chi connectivity index (χ4n) is 1.52. The van der Waals surface area contributed by atoms with Gasteiger partial charge in [-0.25, -0.2) is 10.2 Å². The smallest absolute Gasteiger partial charge is 0.350 e. The van der Waals surface area contributed by atoms with Gasteiger partial charge in [-0.15, -0.1) is 11.3 Å². The number of nitrogens with two attached hydrogens (primary N) is 1. The van der Waals surface area contributed by atoms with Gasteiger partial charge < -0.3 is 5.73 Å². The Kier molecular flexibility index (Phi) is 3.43. The normalized spacial score (nSPS) is 12.2. The number of hydrogen-bond acceptors (Lipinski definition) is 3. The fourth-order valence-corrected chi connectivity index (χ4v) is 2.46. The van der Waals surface area contributed by atoms with E-state index < -0.39 is 17.8 Å². The van der Waals surface area contributed by atoms with Crippen molar-refractivity contribution in [2.75, 3.05) is 0 Å². The average Bonchev–Trinajstić information content (AvgIpc) is 2.71. The summed E-state index contributed by atoms with van der Waals surface area (Å²) in [4.78, 5) is 10.4. The van der Waals surface area contributed by atoms with Crippen LogP contribution < -0.4 is 11.2 Å². The van der Waals surface area contributed by atoms with Gasteiger partial charge >= 0.3 is 12.2 Å². The molecule has 0 aliphatic carbocycles. The van der Waals surface area contributed by atoms with Gasteiger partial charge in [-0.2, -0.15) is 18.3 Å². The Labute approximate surface area is 109 Å². The molecular weight excluding hydrogens is 279 g/mol. The third-order valence-electron chi connectivity index (χ3n) is 2.29. The number of thiophene rings is 1. The number of halogens is 3. The average molecular weight is 287 g/mol. The molecule has 3 N–H and O–H groups in total. The number of amides is 2. The van der Waals surface area contributed by atoms with E-state index in [1.807, 2.05) is 5.43 Å². The maximum atomic E-state index is 12.7. The van der Waals surface area contributed by atoms with E-state index in [1.54, 1.807) is 12.1 Å². The number of hydrazone groups is 1. The number of rotatable bonds is 2. The highest BCUT2D eigenvalue weighted by Gasteiger charge is 2.33. The molecule has 19 heavy (non-hydrogen) atoms. The molecule has 0 bridgehead atoms. The van der Waals surface area contributed by atoms with Gasteiger partial charge in [-0.3, -0.25) is 0 Å². The van der Waals surface area contributed by atoms with E-state index in [9.17, 15) is 18.0 Å². The highest BCUT2D eigenvalue weighted by molar-refractivity contribution is 7.17. The number of carbonyl (C=O) groups is 1. The van der Waals surface area contributed by atoms with Crippen LogP contribution >= 0.6 is 11.3 Å². The van der Waals surface area contributed by atoms with Gasteiger partial charge in [0.2, 0.25) is 0 Å². The highest BCUT2D eigenvalue weighted by atomic mass is 32.1. The molecular formula is C11H8F3N3OS. The number of carbonyl (C=O) groups excluding carboxylic acids is 1. The summed E-state index contributed by atoms with van der Waals surface area (Å²) in [6.45, 7) is 0. The molecule has 0 fully saturated rings. The summed E-state index contributed by atoms with van der Waals surface area (Å²) < 4.78 is 38.8. The van der Waals surface area contributed by atoms with Gasteiger partial charge in [0, 0.05) is 15.5 Å². The van der Waals surface area contributed by atoms with Crippen LogP contribution in [0.15, 0.2) is 28.7 Å². The summed E-state index contributed by atoms with van der Waals surface area (Å²) in [5, 5.41) is 4.68. The SMILES string of the molecule is NC(=O)NN=Cc1ccc2scc(C(F)(F)F)c2c1. The molecule has 2 aromatic rings. The van der Waals surface area contributed by atoms with Gasteiger partial charge in [0.25, 0.3) is 0 Å². The van der Waals surface area contributed by atoms with Gasteiger partial charge in [0.15, 0.2) is 0 Å². The fraction of sp³-hybridized carbons (Fsp3) is 0.0909. The van der Waals surface area contributed by atoms with Crippen LogP contribution in [-0.4, -0.2) is 12.2 Å². The Morgan fingerprint density at radius 3 is 2.79 bits per heavy atom. The Bertz CT molecular complexity index is 648. The number of fused-ring (bicyclic) bond motifs is 1. The Balaban J connectivity index is 2.39. The first-order chi connectivity index (χ1) is 8.88. The van der Waals surface area contributed by atoms with E-state index in [2.05, 4.69) is 5.10 Å². The molecule has 0 saturated heterocycles. The van der Waals surface area contributed by atoms with Crippen molar-refractivity contribution in [1.82, 2.24) is 5.43 Å². The van der Waals surface area contributed by atoms with Gasteiger partial charge in [0.1, 0.15) is 0 Å². The lowest BCUT2D eigenvalue weighted by molar-refractivity contribution is -0.136. The predicted octanol–water partition coefficient (Wildman–Crippen LogP) is 2.92. The molecule has 2 rings (SSSR count). The Morgan fingerprint density at radius 1 is 1.42 bits per heavy atom. The Hall–Kier alpha value is -2.09. The lowest BCUT2D eigenvalue weighted by Gasteiger charge is -2.04. The maximum absolute atomic E-state index is 12.7. The number of hydrogen-bond donors (Lipinski definition) is 2. The summed E-state index contributed by atoms with van der Waals surface area (Å²) in [6, 6.07) is 3.69. The number of primary amides is 1. The molecule has 0 aliphatic heterocycles. The van der Waals surface area contributed by atoms with Crippen LogP contribution in [-0.2, 0) is 6.18 Å². The first-order valence-electron chi connectivity index (χ1n) is 5.05. The zero-order valence-electron chi connectivity index (χ0n) is 9.36. The van der Waals surface area contributed by atoms with Crippen LogP contribution in [0.4, 0.5) is 18.0 Å². The third-order valence-corrected chi connectivity index (χ3v) is 3.25. The standard InChI is InChI=1S/C11H8F3N3OS/c12-11(13,14)8-5-19-9-2-1-6(3-7(8)9)4-16-17-10(15)18/h1-5H,(H3,15,17,18). The second-order valence-electron chi connectivity index (χ2n) is 3.64. The quantitative estimate of drug-likeness (QED) is 0.647. The topological polar surface area (TPSA) is 67.5 Å².